The van der Waals surface area contributed by atoms with E-state index in [1.165, 1.54) is 5.56 Å². The SMILES string of the molecule is Cc1nn(Cc2ccccc2)c(C)c1CNC(=O)C(C)Sc1ccc(Br)cc1. The molecule has 1 amide bonds. The van der Waals surface area contributed by atoms with Crippen LogP contribution < -0.4 is 5.32 Å². The molecule has 0 saturated carbocycles. The molecule has 0 bridgehead atoms. The second-order valence-electron chi connectivity index (χ2n) is 6.72. The Balaban J connectivity index is 1.60. The fourth-order valence-electron chi connectivity index (χ4n) is 2.99. The van der Waals surface area contributed by atoms with Crippen molar-refractivity contribution in [3.63, 3.8) is 0 Å². The predicted molar refractivity (Wildman–Crippen MR) is 119 cm³/mol. The summed E-state index contributed by atoms with van der Waals surface area (Å²) in [6.45, 7) is 7.22. The van der Waals surface area contributed by atoms with E-state index < -0.39 is 0 Å². The Bertz CT molecular complexity index is 938. The maximum atomic E-state index is 12.5. The van der Waals surface area contributed by atoms with Crippen LogP contribution in [-0.4, -0.2) is 20.9 Å². The Kier molecular flexibility index (Phi) is 6.97. The topological polar surface area (TPSA) is 46.9 Å². The first-order valence-corrected chi connectivity index (χ1v) is 10.9. The average Bonchev–Trinajstić information content (AvgIpc) is 2.95. The third-order valence-electron chi connectivity index (χ3n) is 4.64. The van der Waals surface area contributed by atoms with E-state index in [0.29, 0.717) is 6.54 Å². The van der Waals surface area contributed by atoms with Gasteiger partial charge in [0.05, 0.1) is 17.5 Å². The summed E-state index contributed by atoms with van der Waals surface area (Å²) in [5.74, 6) is 0.0301. The first-order chi connectivity index (χ1) is 13.4. The predicted octanol–water partition coefficient (Wildman–Crippen LogP) is 5.11. The minimum atomic E-state index is -0.166. The molecular weight excluding hydrogens is 434 g/mol. The van der Waals surface area contributed by atoms with Crippen LogP contribution in [0, 0.1) is 13.8 Å². The van der Waals surface area contributed by atoms with Crippen LogP contribution in [0.5, 0.6) is 0 Å². The molecule has 0 fully saturated rings. The number of halogens is 1. The van der Waals surface area contributed by atoms with Gasteiger partial charge in [-0.15, -0.1) is 11.8 Å². The van der Waals surface area contributed by atoms with Gasteiger partial charge in [0.25, 0.3) is 0 Å². The molecule has 4 nitrogen and oxygen atoms in total. The normalized spacial score (nSPS) is 12.0. The minimum absolute atomic E-state index is 0.0301. The summed E-state index contributed by atoms with van der Waals surface area (Å²) in [5.41, 5.74) is 4.35. The quantitative estimate of drug-likeness (QED) is 0.501. The number of amides is 1. The lowest BCUT2D eigenvalue weighted by molar-refractivity contribution is -0.120. The molecule has 1 N–H and O–H groups in total. The molecular formula is C22H24BrN3OS. The fraction of sp³-hybridized carbons (Fsp3) is 0.273. The van der Waals surface area contributed by atoms with Gasteiger partial charge in [-0.25, -0.2) is 0 Å². The van der Waals surface area contributed by atoms with Crippen LogP contribution >= 0.6 is 27.7 Å². The number of aromatic nitrogens is 2. The van der Waals surface area contributed by atoms with Gasteiger partial charge in [-0.1, -0.05) is 46.3 Å². The van der Waals surface area contributed by atoms with Gasteiger partial charge >= 0.3 is 0 Å². The highest BCUT2D eigenvalue weighted by Crippen LogP contribution is 2.25. The van der Waals surface area contributed by atoms with Gasteiger partial charge in [-0.3, -0.25) is 9.48 Å². The molecule has 0 aliphatic carbocycles. The summed E-state index contributed by atoms with van der Waals surface area (Å²) < 4.78 is 3.04. The lowest BCUT2D eigenvalue weighted by Gasteiger charge is -2.12. The van der Waals surface area contributed by atoms with Crippen molar-refractivity contribution >= 4 is 33.6 Å². The van der Waals surface area contributed by atoms with Crippen molar-refractivity contribution in [2.24, 2.45) is 0 Å². The number of carbonyl (C=O) groups is 1. The number of nitrogens with one attached hydrogen (secondary N) is 1. The van der Waals surface area contributed by atoms with E-state index in [4.69, 9.17) is 0 Å². The van der Waals surface area contributed by atoms with E-state index in [9.17, 15) is 4.79 Å². The standard InChI is InChI=1S/C22H24BrN3OS/c1-15-21(16(2)26(25-15)14-18-7-5-4-6-8-18)13-24-22(27)17(3)28-20-11-9-19(23)10-12-20/h4-12,17H,13-14H2,1-3H3,(H,24,27). The van der Waals surface area contributed by atoms with Crippen molar-refractivity contribution in [3.05, 3.63) is 81.6 Å². The summed E-state index contributed by atoms with van der Waals surface area (Å²) in [7, 11) is 0. The van der Waals surface area contributed by atoms with Gasteiger partial charge in [0.15, 0.2) is 0 Å². The highest BCUT2D eigenvalue weighted by atomic mass is 79.9. The summed E-state index contributed by atoms with van der Waals surface area (Å²) in [5, 5.41) is 7.56. The van der Waals surface area contributed by atoms with Crippen LogP contribution in [0.25, 0.3) is 0 Å². The molecule has 1 unspecified atom stereocenters. The smallest absolute Gasteiger partial charge is 0.233 e. The number of benzene rings is 2. The zero-order chi connectivity index (χ0) is 20.1. The van der Waals surface area contributed by atoms with Gasteiger partial charge in [-0.05, 0) is 50.6 Å². The van der Waals surface area contributed by atoms with E-state index in [0.717, 1.165) is 32.9 Å². The van der Waals surface area contributed by atoms with Crippen molar-refractivity contribution < 1.29 is 4.79 Å². The Morgan fingerprint density at radius 1 is 1.14 bits per heavy atom. The molecule has 0 aliphatic heterocycles. The van der Waals surface area contributed by atoms with E-state index in [1.54, 1.807) is 11.8 Å². The Hall–Kier alpha value is -2.05. The van der Waals surface area contributed by atoms with E-state index >= 15 is 0 Å². The highest BCUT2D eigenvalue weighted by Gasteiger charge is 2.17. The number of hydrogen-bond donors (Lipinski definition) is 1. The van der Waals surface area contributed by atoms with Crippen LogP contribution in [0.1, 0.15) is 29.4 Å². The van der Waals surface area contributed by atoms with Crippen molar-refractivity contribution in [2.45, 2.75) is 44.0 Å². The molecule has 0 aliphatic rings. The minimum Gasteiger partial charge on any atom is -0.351 e. The summed E-state index contributed by atoms with van der Waals surface area (Å²) in [6, 6.07) is 18.3. The maximum Gasteiger partial charge on any atom is 0.233 e. The Labute approximate surface area is 178 Å². The van der Waals surface area contributed by atoms with Crippen molar-refractivity contribution in [1.82, 2.24) is 15.1 Å². The highest BCUT2D eigenvalue weighted by molar-refractivity contribution is 9.10. The van der Waals surface area contributed by atoms with Gasteiger partial charge < -0.3 is 5.32 Å². The summed E-state index contributed by atoms with van der Waals surface area (Å²) in [4.78, 5) is 13.6. The largest absolute Gasteiger partial charge is 0.351 e. The molecule has 3 rings (SSSR count). The van der Waals surface area contributed by atoms with Crippen LogP contribution in [0.15, 0.2) is 64.0 Å². The van der Waals surface area contributed by atoms with E-state index in [1.807, 2.05) is 61.0 Å². The van der Waals surface area contributed by atoms with Crippen LogP contribution in [0.4, 0.5) is 0 Å². The summed E-state index contributed by atoms with van der Waals surface area (Å²) in [6.07, 6.45) is 0. The van der Waals surface area contributed by atoms with Crippen LogP contribution in [-0.2, 0) is 17.9 Å². The zero-order valence-electron chi connectivity index (χ0n) is 16.3. The van der Waals surface area contributed by atoms with Crippen LogP contribution in [0.3, 0.4) is 0 Å². The number of aryl methyl sites for hydroxylation is 1. The van der Waals surface area contributed by atoms with Crippen molar-refractivity contribution in [2.75, 3.05) is 0 Å². The molecule has 6 heteroatoms. The molecule has 2 aromatic carbocycles. The molecule has 28 heavy (non-hydrogen) atoms. The number of thioether (sulfide) groups is 1. The third-order valence-corrected chi connectivity index (χ3v) is 6.28. The Morgan fingerprint density at radius 2 is 1.82 bits per heavy atom. The third kappa shape index (κ3) is 5.26. The first-order valence-electron chi connectivity index (χ1n) is 9.21. The van der Waals surface area contributed by atoms with E-state index in [2.05, 4.69) is 45.4 Å². The number of nitrogens with zero attached hydrogens (tertiary/aromatic N) is 2. The van der Waals surface area contributed by atoms with Crippen LogP contribution in [0.2, 0.25) is 0 Å². The summed E-state index contributed by atoms with van der Waals surface area (Å²) >= 11 is 4.99. The lowest BCUT2D eigenvalue weighted by Crippen LogP contribution is -2.30. The Morgan fingerprint density at radius 3 is 2.50 bits per heavy atom. The molecule has 1 atom stereocenters. The van der Waals surface area contributed by atoms with Crippen molar-refractivity contribution in [1.29, 1.82) is 0 Å². The number of carbonyl (C=O) groups excluding carboxylic acids is 1. The average molecular weight is 458 g/mol. The molecule has 1 aromatic heterocycles. The molecule has 0 spiro atoms. The maximum absolute atomic E-state index is 12.5. The first kappa shape index (κ1) is 20.7. The monoisotopic (exact) mass is 457 g/mol. The van der Waals surface area contributed by atoms with Gasteiger partial charge in [-0.2, -0.15) is 5.10 Å². The fourth-order valence-corrected chi connectivity index (χ4v) is 4.15. The molecule has 0 radical (unpaired) electrons. The molecule has 0 saturated heterocycles. The molecule has 1 heterocycles. The molecule has 3 aromatic rings. The van der Waals surface area contributed by atoms with Gasteiger partial charge in [0.2, 0.25) is 5.91 Å². The van der Waals surface area contributed by atoms with Crippen molar-refractivity contribution in [3.8, 4) is 0 Å². The van der Waals surface area contributed by atoms with Gasteiger partial charge in [0.1, 0.15) is 0 Å². The second kappa shape index (κ2) is 9.43. The lowest BCUT2D eigenvalue weighted by atomic mass is 10.2. The number of hydrogen-bond acceptors (Lipinski definition) is 3. The number of rotatable bonds is 7. The van der Waals surface area contributed by atoms with Gasteiger partial charge in [0, 0.05) is 27.2 Å². The zero-order valence-corrected chi connectivity index (χ0v) is 18.7. The van der Waals surface area contributed by atoms with E-state index in [-0.39, 0.29) is 11.2 Å². The molecule has 146 valence electrons. The second-order valence-corrected chi connectivity index (χ2v) is 9.05.